The van der Waals surface area contributed by atoms with Gasteiger partial charge in [0.2, 0.25) is 0 Å². The highest BCUT2D eigenvalue weighted by molar-refractivity contribution is 5.06. The van der Waals surface area contributed by atoms with Gasteiger partial charge < -0.3 is 24.7 Å². The van der Waals surface area contributed by atoms with Gasteiger partial charge in [-0.25, -0.2) is 0 Å². The normalized spacial score (nSPS) is 14.8. The van der Waals surface area contributed by atoms with E-state index in [1.807, 2.05) is 6.07 Å². The van der Waals surface area contributed by atoms with Gasteiger partial charge in [-0.2, -0.15) is 0 Å². The molecule has 98 valence electrons. The molecule has 0 aliphatic carbocycles. The van der Waals surface area contributed by atoms with Gasteiger partial charge in [0.25, 0.3) is 0 Å². The molecule has 1 atom stereocenters. The first kappa shape index (κ1) is 14.2. The third kappa shape index (κ3) is 5.32. The van der Waals surface area contributed by atoms with Crippen LogP contribution in [0.25, 0.3) is 0 Å². The van der Waals surface area contributed by atoms with E-state index in [0.717, 1.165) is 5.76 Å². The van der Waals surface area contributed by atoms with Crippen LogP contribution < -0.4 is 5.32 Å². The van der Waals surface area contributed by atoms with Gasteiger partial charge in [0.15, 0.2) is 0 Å². The highest BCUT2D eigenvalue weighted by atomic mass is 16.5. The maximum absolute atomic E-state index is 9.96. The molecule has 1 rings (SSSR count). The summed E-state index contributed by atoms with van der Waals surface area (Å²) >= 11 is 0. The molecule has 0 radical (unpaired) electrons. The average Bonchev–Trinajstić information content (AvgIpc) is 2.74. The van der Waals surface area contributed by atoms with Crippen molar-refractivity contribution in [2.24, 2.45) is 0 Å². The van der Waals surface area contributed by atoms with Crippen LogP contribution in [0.4, 0.5) is 0 Å². The zero-order chi connectivity index (χ0) is 12.7. The highest BCUT2D eigenvalue weighted by Crippen LogP contribution is 2.10. The summed E-state index contributed by atoms with van der Waals surface area (Å²) in [4.78, 5) is 0. The zero-order valence-electron chi connectivity index (χ0n) is 10.4. The van der Waals surface area contributed by atoms with Gasteiger partial charge in [0, 0.05) is 26.7 Å². The molecule has 1 aromatic rings. The van der Waals surface area contributed by atoms with Crippen LogP contribution in [0.15, 0.2) is 16.5 Å². The first-order chi connectivity index (χ1) is 8.07. The Morgan fingerprint density at radius 3 is 2.71 bits per heavy atom. The smallest absolute Gasteiger partial charge is 0.129 e. The second-order valence-corrected chi connectivity index (χ2v) is 4.37. The molecule has 0 aromatic carbocycles. The van der Waals surface area contributed by atoms with Gasteiger partial charge in [0.05, 0.1) is 12.1 Å². The maximum atomic E-state index is 9.96. The van der Waals surface area contributed by atoms with Crippen LogP contribution in [0.3, 0.4) is 0 Å². The quantitative estimate of drug-likeness (QED) is 0.625. The molecule has 0 saturated heterocycles. The molecule has 1 heterocycles. The van der Waals surface area contributed by atoms with Gasteiger partial charge in [-0.1, -0.05) is 0 Å². The molecule has 0 aliphatic rings. The first-order valence-electron chi connectivity index (χ1n) is 5.68. The largest absolute Gasteiger partial charge is 0.462 e. The summed E-state index contributed by atoms with van der Waals surface area (Å²) in [6.45, 7) is 3.20. The molecule has 5 heteroatoms. The fourth-order valence-corrected chi connectivity index (χ4v) is 1.47. The summed E-state index contributed by atoms with van der Waals surface area (Å²) < 4.78 is 10.2. The number of hydrogen-bond acceptors (Lipinski definition) is 5. The van der Waals surface area contributed by atoms with Crippen molar-refractivity contribution in [3.63, 3.8) is 0 Å². The summed E-state index contributed by atoms with van der Waals surface area (Å²) in [5.74, 6) is 1.30. The average molecular weight is 243 g/mol. The van der Waals surface area contributed by atoms with E-state index in [1.54, 1.807) is 20.1 Å². The summed E-state index contributed by atoms with van der Waals surface area (Å²) in [7, 11) is 1.61. The van der Waals surface area contributed by atoms with Crippen molar-refractivity contribution in [2.75, 3.05) is 20.3 Å². The Labute approximate surface area is 101 Å². The predicted molar refractivity (Wildman–Crippen MR) is 63.5 cm³/mol. The lowest BCUT2D eigenvalue weighted by Gasteiger charge is -2.23. The minimum absolute atomic E-state index is 0.0917. The second kappa shape index (κ2) is 6.76. The molecule has 0 spiro atoms. The molecular weight excluding hydrogens is 222 g/mol. The van der Waals surface area contributed by atoms with Gasteiger partial charge >= 0.3 is 0 Å². The maximum Gasteiger partial charge on any atom is 0.129 e. The van der Waals surface area contributed by atoms with E-state index in [-0.39, 0.29) is 6.61 Å². The molecule has 1 unspecified atom stereocenters. The van der Waals surface area contributed by atoms with Gasteiger partial charge in [-0.05, 0) is 19.1 Å². The number of aliphatic hydroxyl groups is 2. The minimum Gasteiger partial charge on any atom is -0.462 e. The van der Waals surface area contributed by atoms with Crippen LogP contribution >= 0.6 is 0 Å². The lowest BCUT2D eigenvalue weighted by molar-refractivity contribution is 0.0244. The van der Waals surface area contributed by atoms with Gasteiger partial charge in [-0.15, -0.1) is 0 Å². The predicted octanol–water partition coefficient (Wildman–Crippen LogP) is 0.649. The van der Waals surface area contributed by atoms with E-state index >= 15 is 0 Å². The summed E-state index contributed by atoms with van der Waals surface area (Å²) in [6.07, 6.45) is 0.580. The van der Waals surface area contributed by atoms with Crippen molar-refractivity contribution < 1.29 is 19.4 Å². The Balaban J connectivity index is 2.26. The number of hydrogen-bond donors (Lipinski definition) is 3. The van der Waals surface area contributed by atoms with Gasteiger partial charge in [-0.3, -0.25) is 0 Å². The van der Waals surface area contributed by atoms with Crippen molar-refractivity contribution in [2.45, 2.75) is 32.1 Å². The number of rotatable bonds is 8. The van der Waals surface area contributed by atoms with Crippen molar-refractivity contribution >= 4 is 0 Å². The summed E-state index contributed by atoms with van der Waals surface area (Å²) in [5.41, 5.74) is -0.789. The van der Waals surface area contributed by atoms with E-state index in [1.165, 1.54) is 0 Å². The van der Waals surface area contributed by atoms with Gasteiger partial charge in [0.1, 0.15) is 18.1 Å². The van der Waals surface area contributed by atoms with Crippen LogP contribution in [0.5, 0.6) is 0 Å². The number of nitrogens with one attached hydrogen (secondary N) is 1. The van der Waals surface area contributed by atoms with Crippen LogP contribution in [-0.4, -0.2) is 36.1 Å². The van der Waals surface area contributed by atoms with E-state index < -0.39 is 5.60 Å². The summed E-state index contributed by atoms with van der Waals surface area (Å²) in [6, 6.07) is 3.54. The third-order valence-corrected chi connectivity index (χ3v) is 2.52. The Hall–Kier alpha value is -0.880. The Morgan fingerprint density at radius 1 is 1.41 bits per heavy atom. The molecule has 5 nitrogen and oxygen atoms in total. The fourth-order valence-electron chi connectivity index (χ4n) is 1.47. The second-order valence-electron chi connectivity index (χ2n) is 4.37. The van der Waals surface area contributed by atoms with Crippen LogP contribution in [0.1, 0.15) is 24.9 Å². The van der Waals surface area contributed by atoms with E-state index in [4.69, 9.17) is 14.3 Å². The van der Waals surface area contributed by atoms with Crippen LogP contribution in [0, 0.1) is 0 Å². The number of furan rings is 1. The lowest BCUT2D eigenvalue weighted by Crippen LogP contribution is -2.38. The Morgan fingerprint density at radius 2 is 2.12 bits per heavy atom. The van der Waals surface area contributed by atoms with Crippen molar-refractivity contribution in [1.29, 1.82) is 0 Å². The van der Waals surface area contributed by atoms with E-state index in [0.29, 0.717) is 31.9 Å². The molecule has 0 saturated carbocycles. The summed E-state index contributed by atoms with van der Waals surface area (Å²) in [5, 5.41) is 21.9. The minimum atomic E-state index is -0.789. The third-order valence-electron chi connectivity index (χ3n) is 2.52. The van der Waals surface area contributed by atoms with Crippen LogP contribution in [-0.2, 0) is 17.9 Å². The Kier molecular flexibility index (Phi) is 5.64. The number of aliphatic hydroxyl groups excluding tert-OH is 1. The standard InChI is InChI=1S/C12H21NO4/c1-12(15,5-6-16-2)9-13-7-10-3-4-11(8-14)17-10/h3-4,13-15H,5-9H2,1-2H3. The van der Waals surface area contributed by atoms with Crippen molar-refractivity contribution in [3.8, 4) is 0 Å². The van der Waals surface area contributed by atoms with E-state index in [9.17, 15) is 5.11 Å². The number of methoxy groups -OCH3 is 1. The topological polar surface area (TPSA) is 74.9 Å². The van der Waals surface area contributed by atoms with Crippen molar-refractivity contribution in [3.05, 3.63) is 23.7 Å². The Bertz CT molecular complexity index is 322. The molecule has 1 aromatic heterocycles. The highest BCUT2D eigenvalue weighted by Gasteiger charge is 2.19. The van der Waals surface area contributed by atoms with E-state index in [2.05, 4.69) is 5.32 Å². The molecule has 3 N–H and O–H groups in total. The molecule has 17 heavy (non-hydrogen) atoms. The first-order valence-corrected chi connectivity index (χ1v) is 5.68. The fraction of sp³-hybridized carbons (Fsp3) is 0.667. The zero-order valence-corrected chi connectivity index (χ0v) is 10.4. The SMILES string of the molecule is COCCC(C)(O)CNCc1ccc(CO)o1. The lowest BCUT2D eigenvalue weighted by atomic mass is 10.0. The molecule has 0 bridgehead atoms. The monoisotopic (exact) mass is 243 g/mol. The number of ether oxygens (including phenoxy) is 1. The molecule has 0 fully saturated rings. The molecular formula is C12H21NO4. The molecule has 0 amide bonds. The molecule has 0 aliphatic heterocycles. The van der Waals surface area contributed by atoms with Crippen LogP contribution in [0.2, 0.25) is 0 Å². The van der Waals surface area contributed by atoms with Crippen molar-refractivity contribution in [1.82, 2.24) is 5.32 Å².